The van der Waals surface area contributed by atoms with E-state index in [1.54, 1.807) is 32.2 Å². The third kappa shape index (κ3) is 3.22. The monoisotopic (exact) mass is 363 g/mol. The topological polar surface area (TPSA) is 56.2 Å². The lowest BCUT2D eigenvalue weighted by atomic mass is 10.1. The Morgan fingerprint density at radius 2 is 1.81 bits per heavy atom. The van der Waals surface area contributed by atoms with Gasteiger partial charge in [-0.25, -0.2) is 4.79 Å². The van der Waals surface area contributed by atoms with E-state index in [0.717, 1.165) is 5.56 Å². The smallest absolute Gasteiger partial charge is 0.405 e. The van der Waals surface area contributed by atoms with E-state index in [2.05, 4.69) is 15.0 Å². The summed E-state index contributed by atoms with van der Waals surface area (Å²) in [4.78, 5) is 16.6. The molecule has 136 valence electrons. The summed E-state index contributed by atoms with van der Waals surface area (Å²) in [6, 6.07) is 9.80. The molecule has 0 aliphatic heterocycles. The number of aromatic nitrogens is 2. The molecule has 0 atom stereocenters. The number of ether oxygens (including phenoxy) is 1. The van der Waals surface area contributed by atoms with Crippen LogP contribution in [0.15, 0.2) is 41.2 Å². The molecule has 0 saturated heterocycles. The number of halogens is 3. The zero-order valence-corrected chi connectivity index (χ0v) is 14.3. The summed E-state index contributed by atoms with van der Waals surface area (Å²) in [5.41, 5.74) is 1.28. The Bertz CT molecular complexity index is 1040. The quantitative estimate of drug-likeness (QED) is 0.766. The largest absolute Gasteiger partial charge is 0.573 e. The third-order valence-electron chi connectivity index (χ3n) is 4.01. The van der Waals surface area contributed by atoms with Gasteiger partial charge in [0.15, 0.2) is 0 Å². The van der Waals surface area contributed by atoms with E-state index < -0.39 is 12.1 Å². The molecule has 0 saturated carbocycles. The maximum atomic E-state index is 12.7. The van der Waals surface area contributed by atoms with Crippen LogP contribution >= 0.6 is 0 Å². The van der Waals surface area contributed by atoms with E-state index in [1.165, 1.54) is 23.6 Å². The van der Waals surface area contributed by atoms with Gasteiger partial charge in [-0.3, -0.25) is 4.57 Å². The van der Waals surface area contributed by atoms with Crippen LogP contribution in [-0.2, 0) is 0 Å². The minimum absolute atomic E-state index is 0.272. The average Bonchev–Trinajstić information content (AvgIpc) is 2.55. The van der Waals surface area contributed by atoms with Crippen molar-refractivity contribution in [3.8, 4) is 11.4 Å². The highest BCUT2D eigenvalue weighted by Crippen LogP contribution is 2.33. The molecule has 2 aromatic carbocycles. The molecule has 5 nitrogen and oxygen atoms in total. The molecule has 0 unspecified atom stereocenters. The van der Waals surface area contributed by atoms with Crippen molar-refractivity contribution in [1.82, 2.24) is 9.55 Å². The van der Waals surface area contributed by atoms with E-state index in [-0.39, 0.29) is 22.6 Å². The first-order valence-corrected chi connectivity index (χ1v) is 7.78. The standard InChI is InChI=1S/C18H16F3N3O2/c1-10-6-4-5-7-13(10)24-14-9-15(26-18(19,20)21)11(2)8-12(14)16(22-3)23-17(24)25/h4-9H,1-3H3,(H,22,23,25). The zero-order chi connectivity index (χ0) is 19.1. The Hall–Kier alpha value is -3.03. The Morgan fingerprint density at radius 1 is 1.12 bits per heavy atom. The number of hydrogen-bond acceptors (Lipinski definition) is 4. The molecule has 0 spiro atoms. The molecule has 3 rings (SSSR count). The van der Waals surface area contributed by atoms with Gasteiger partial charge in [-0.1, -0.05) is 18.2 Å². The fraction of sp³-hybridized carbons (Fsp3) is 0.222. The minimum atomic E-state index is -4.83. The van der Waals surface area contributed by atoms with E-state index in [0.29, 0.717) is 11.1 Å². The first kappa shape index (κ1) is 17.8. The average molecular weight is 363 g/mol. The Morgan fingerprint density at radius 3 is 2.42 bits per heavy atom. The van der Waals surface area contributed by atoms with Crippen LogP contribution in [0.5, 0.6) is 5.75 Å². The van der Waals surface area contributed by atoms with Crippen molar-refractivity contribution in [3.05, 3.63) is 58.0 Å². The number of nitrogens with one attached hydrogen (secondary N) is 1. The van der Waals surface area contributed by atoms with Crippen LogP contribution in [0.25, 0.3) is 16.6 Å². The van der Waals surface area contributed by atoms with Crippen LogP contribution < -0.4 is 15.7 Å². The highest BCUT2D eigenvalue weighted by Gasteiger charge is 2.32. The third-order valence-corrected chi connectivity index (χ3v) is 4.01. The molecule has 0 aliphatic rings. The predicted molar refractivity (Wildman–Crippen MR) is 93.0 cm³/mol. The fourth-order valence-electron chi connectivity index (χ4n) is 2.83. The summed E-state index contributed by atoms with van der Waals surface area (Å²) in [5, 5.41) is 3.33. The summed E-state index contributed by atoms with van der Waals surface area (Å²) in [5.74, 6) is -0.0727. The lowest BCUT2D eigenvalue weighted by molar-refractivity contribution is -0.274. The number of para-hydroxylation sites is 1. The number of rotatable bonds is 3. The van der Waals surface area contributed by atoms with Crippen LogP contribution in [0.4, 0.5) is 19.0 Å². The second-order valence-electron chi connectivity index (χ2n) is 5.80. The molecule has 1 N–H and O–H groups in total. The van der Waals surface area contributed by atoms with Gasteiger partial charge in [0.25, 0.3) is 0 Å². The molecule has 1 aromatic heterocycles. The van der Waals surface area contributed by atoms with Crippen molar-refractivity contribution in [2.24, 2.45) is 0 Å². The van der Waals surface area contributed by atoms with Gasteiger partial charge in [0, 0.05) is 18.5 Å². The summed E-state index contributed by atoms with van der Waals surface area (Å²) in [7, 11) is 1.59. The lowest BCUT2D eigenvalue weighted by Gasteiger charge is -2.17. The van der Waals surface area contributed by atoms with Crippen molar-refractivity contribution in [2.45, 2.75) is 20.2 Å². The van der Waals surface area contributed by atoms with E-state index in [4.69, 9.17) is 0 Å². The number of aryl methyl sites for hydroxylation is 2. The highest BCUT2D eigenvalue weighted by molar-refractivity contribution is 5.92. The van der Waals surface area contributed by atoms with E-state index in [9.17, 15) is 18.0 Å². The van der Waals surface area contributed by atoms with Crippen molar-refractivity contribution < 1.29 is 17.9 Å². The van der Waals surface area contributed by atoms with Crippen molar-refractivity contribution >= 4 is 16.7 Å². The Labute approximate surface area is 147 Å². The molecular formula is C18H16F3N3O2. The molecule has 3 aromatic rings. The van der Waals surface area contributed by atoms with Gasteiger partial charge in [-0.15, -0.1) is 13.2 Å². The van der Waals surface area contributed by atoms with Crippen LogP contribution in [0.3, 0.4) is 0 Å². The van der Waals surface area contributed by atoms with Gasteiger partial charge in [-0.05, 0) is 37.1 Å². The molecule has 0 amide bonds. The predicted octanol–water partition coefficient (Wildman–Crippen LogP) is 3.94. The van der Waals surface area contributed by atoms with Gasteiger partial charge in [0.2, 0.25) is 0 Å². The van der Waals surface area contributed by atoms with Crippen molar-refractivity contribution in [3.63, 3.8) is 0 Å². The number of hydrogen-bond donors (Lipinski definition) is 1. The molecule has 0 fully saturated rings. The molecule has 8 heteroatoms. The summed E-state index contributed by atoms with van der Waals surface area (Å²) in [6.45, 7) is 3.31. The SMILES string of the molecule is CNc1nc(=O)n(-c2ccccc2C)c2cc(OC(F)(F)F)c(C)cc12. The second kappa shape index (κ2) is 6.36. The number of benzene rings is 2. The van der Waals surface area contributed by atoms with Gasteiger partial charge < -0.3 is 10.1 Å². The summed E-state index contributed by atoms with van der Waals surface area (Å²) >= 11 is 0. The maximum absolute atomic E-state index is 12.7. The van der Waals surface area contributed by atoms with Gasteiger partial charge >= 0.3 is 12.1 Å². The highest BCUT2D eigenvalue weighted by atomic mass is 19.4. The normalized spacial score (nSPS) is 11.6. The molecule has 1 heterocycles. The van der Waals surface area contributed by atoms with E-state index >= 15 is 0 Å². The molecule has 0 radical (unpaired) electrons. The molecule has 0 bridgehead atoms. The lowest BCUT2D eigenvalue weighted by Crippen LogP contribution is -2.24. The fourth-order valence-corrected chi connectivity index (χ4v) is 2.83. The van der Waals surface area contributed by atoms with Gasteiger partial charge in [0.1, 0.15) is 11.6 Å². The molecule has 0 aliphatic carbocycles. The summed E-state index contributed by atoms with van der Waals surface area (Å²) in [6.07, 6.45) is -4.83. The number of nitrogens with zero attached hydrogens (tertiary/aromatic N) is 2. The molecule has 26 heavy (non-hydrogen) atoms. The number of fused-ring (bicyclic) bond motifs is 1. The Kier molecular flexibility index (Phi) is 4.35. The maximum Gasteiger partial charge on any atom is 0.573 e. The van der Waals surface area contributed by atoms with Crippen molar-refractivity contribution in [2.75, 3.05) is 12.4 Å². The first-order chi connectivity index (χ1) is 12.2. The summed E-state index contributed by atoms with van der Waals surface area (Å²) < 4.78 is 43.6. The first-order valence-electron chi connectivity index (χ1n) is 7.78. The zero-order valence-electron chi connectivity index (χ0n) is 14.3. The van der Waals surface area contributed by atoms with Crippen LogP contribution in [0, 0.1) is 13.8 Å². The Balaban J connectivity index is 2.41. The minimum Gasteiger partial charge on any atom is -0.405 e. The van der Waals surface area contributed by atoms with Crippen LogP contribution in [-0.4, -0.2) is 23.0 Å². The van der Waals surface area contributed by atoms with Crippen LogP contribution in [0.1, 0.15) is 11.1 Å². The molecular weight excluding hydrogens is 347 g/mol. The van der Waals surface area contributed by atoms with E-state index in [1.807, 2.05) is 6.07 Å². The number of anilines is 1. The van der Waals surface area contributed by atoms with Gasteiger partial charge in [-0.2, -0.15) is 4.98 Å². The van der Waals surface area contributed by atoms with Crippen LogP contribution in [0.2, 0.25) is 0 Å². The van der Waals surface area contributed by atoms with Gasteiger partial charge in [0.05, 0.1) is 11.2 Å². The van der Waals surface area contributed by atoms with Crippen molar-refractivity contribution in [1.29, 1.82) is 0 Å². The second-order valence-corrected chi connectivity index (χ2v) is 5.80. The number of alkyl halides is 3.